The van der Waals surface area contributed by atoms with E-state index in [1.165, 1.54) is 5.56 Å². The number of aromatic nitrogens is 1. The molecule has 0 spiro atoms. The summed E-state index contributed by atoms with van der Waals surface area (Å²) in [5, 5.41) is 12.5. The predicted molar refractivity (Wildman–Crippen MR) is 53.4 cm³/mol. The lowest BCUT2D eigenvalue weighted by Crippen LogP contribution is -2.25. The standard InChI is InChI=1S/C10H18N2O/c1-3-10(13)7-11-6-9-4-5-12(2)8-9/h4-5,8,10-11,13H,3,6-7H2,1-2H3. The van der Waals surface area contributed by atoms with Crippen LogP contribution in [0.25, 0.3) is 0 Å². The number of aliphatic hydroxyl groups excluding tert-OH is 1. The van der Waals surface area contributed by atoms with Crippen molar-refractivity contribution in [3.05, 3.63) is 24.0 Å². The highest BCUT2D eigenvalue weighted by atomic mass is 16.3. The van der Waals surface area contributed by atoms with Gasteiger partial charge in [0.2, 0.25) is 0 Å². The van der Waals surface area contributed by atoms with Crippen molar-refractivity contribution in [2.75, 3.05) is 6.54 Å². The number of hydrogen-bond acceptors (Lipinski definition) is 2. The van der Waals surface area contributed by atoms with Gasteiger partial charge in [-0.05, 0) is 18.1 Å². The third kappa shape index (κ3) is 3.61. The Kier molecular flexibility index (Phi) is 3.99. The first kappa shape index (κ1) is 10.3. The zero-order chi connectivity index (χ0) is 9.68. The lowest BCUT2D eigenvalue weighted by atomic mass is 10.2. The van der Waals surface area contributed by atoms with Crippen molar-refractivity contribution in [3.63, 3.8) is 0 Å². The van der Waals surface area contributed by atoms with E-state index in [1.807, 2.05) is 24.7 Å². The van der Waals surface area contributed by atoms with Crippen molar-refractivity contribution < 1.29 is 5.11 Å². The van der Waals surface area contributed by atoms with Gasteiger partial charge in [0.25, 0.3) is 0 Å². The quantitative estimate of drug-likeness (QED) is 0.709. The molecule has 3 nitrogen and oxygen atoms in total. The molecule has 0 aromatic carbocycles. The van der Waals surface area contributed by atoms with Crippen molar-refractivity contribution in [3.8, 4) is 0 Å². The van der Waals surface area contributed by atoms with E-state index < -0.39 is 0 Å². The molecule has 1 unspecified atom stereocenters. The van der Waals surface area contributed by atoms with Gasteiger partial charge in [0.05, 0.1) is 6.10 Å². The molecule has 0 amide bonds. The number of rotatable bonds is 5. The molecule has 2 N–H and O–H groups in total. The first-order chi connectivity index (χ1) is 6.22. The Morgan fingerprint density at radius 2 is 2.38 bits per heavy atom. The molecule has 13 heavy (non-hydrogen) atoms. The van der Waals surface area contributed by atoms with Crippen LogP contribution >= 0.6 is 0 Å². The average Bonchev–Trinajstić information content (AvgIpc) is 2.51. The number of aliphatic hydroxyl groups is 1. The largest absolute Gasteiger partial charge is 0.392 e. The molecular formula is C10H18N2O. The minimum Gasteiger partial charge on any atom is -0.392 e. The number of nitrogens with one attached hydrogen (secondary N) is 1. The van der Waals surface area contributed by atoms with Crippen molar-refractivity contribution in [1.82, 2.24) is 9.88 Å². The van der Waals surface area contributed by atoms with Crippen LogP contribution in [-0.2, 0) is 13.6 Å². The fourth-order valence-electron chi connectivity index (χ4n) is 1.19. The maximum Gasteiger partial charge on any atom is 0.0662 e. The van der Waals surface area contributed by atoms with Crippen molar-refractivity contribution in [2.45, 2.75) is 26.0 Å². The highest BCUT2D eigenvalue weighted by molar-refractivity contribution is 5.09. The van der Waals surface area contributed by atoms with E-state index in [0.717, 1.165) is 13.0 Å². The van der Waals surface area contributed by atoms with E-state index in [1.54, 1.807) is 0 Å². The summed E-state index contributed by atoms with van der Waals surface area (Å²) in [6, 6.07) is 2.07. The Balaban J connectivity index is 2.20. The van der Waals surface area contributed by atoms with Gasteiger partial charge in [-0.3, -0.25) is 0 Å². The molecule has 0 fully saturated rings. The second kappa shape index (κ2) is 5.04. The number of nitrogens with zero attached hydrogens (tertiary/aromatic N) is 1. The Morgan fingerprint density at radius 3 is 2.92 bits per heavy atom. The maximum atomic E-state index is 9.27. The van der Waals surface area contributed by atoms with Gasteiger partial charge >= 0.3 is 0 Å². The summed E-state index contributed by atoms with van der Waals surface area (Å²) >= 11 is 0. The van der Waals surface area contributed by atoms with Crippen LogP contribution in [0.2, 0.25) is 0 Å². The van der Waals surface area contributed by atoms with Crippen LogP contribution in [0.5, 0.6) is 0 Å². The summed E-state index contributed by atoms with van der Waals surface area (Å²) in [6.07, 6.45) is 4.68. The van der Waals surface area contributed by atoms with Crippen LogP contribution in [0, 0.1) is 0 Å². The summed E-state index contributed by atoms with van der Waals surface area (Å²) in [7, 11) is 2.00. The van der Waals surface area contributed by atoms with Crippen LogP contribution in [0.3, 0.4) is 0 Å². The van der Waals surface area contributed by atoms with Crippen LogP contribution in [-0.4, -0.2) is 22.3 Å². The fraction of sp³-hybridized carbons (Fsp3) is 0.600. The smallest absolute Gasteiger partial charge is 0.0662 e. The van der Waals surface area contributed by atoms with Gasteiger partial charge < -0.3 is 15.0 Å². The van der Waals surface area contributed by atoms with Gasteiger partial charge in [-0.1, -0.05) is 6.92 Å². The Labute approximate surface area is 79.4 Å². The van der Waals surface area contributed by atoms with E-state index in [2.05, 4.69) is 17.6 Å². The minimum atomic E-state index is -0.219. The molecular weight excluding hydrogens is 164 g/mol. The molecule has 0 bridgehead atoms. The fourth-order valence-corrected chi connectivity index (χ4v) is 1.19. The molecule has 1 rings (SSSR count). The van der Waals surface area contributed by atoms with Gasteiger partial charge in [0.1, 0.15) is 0 Å². The molecule has 0 aliphatic carbocycles. The SMILES string of the molecule is CCC(O)CNCc1ccn(C)c1. The van der Waals surface area contributed by atoms with Crippen LogP contribution in [0.1, 0.15) is 18.9 Å². The maximum absolute atomic E-state index is 9.27. The van der Waals surface area contributed by atoms with E-state index in [4.69, 9.17) is 0 Å². The number of aryl methyl sites for hydroxylation is 1. The van der Waals surface area contributed by atoms with Crippen molar-refractivity contribution >= 4 is 0 Å². The summed E-state index contributed by atoms with van der Waals surface area (Å²) in [4.78, 5) is 0. The summed E-state index contributed by atoms with van der Waals surface area (Å²) in [5.41, 5.74) is 1.26. The predicted octanol–water partition coefficient (Wildman–Crippen LogP) is 0.886. The monoisotopic (exact) mass is 182 g/mol. The van der Waals surface area contributed by atoms with Gasteiger partial charge in [0.15, 0.2) is 0 Å². The Morgan fingerprint density at radius 1 is 1.62 bits per heavy atom. The molecule has 0 aliphatic rings. The molecule has 3 heteroatoms. The van der Waals surface area contributed by atoms with Crippen LogP contribution in [0.4, 0.5) is 0 Å². The van der Waals surface area contributed by atoms with Gasteiger partial charge in [-0.2, -0.15) is 0 Å². The van der Waals surface area contributed by atoms with Crippen molar-refractivity contribution in [2.24, 2.45) is 7.05 Å². The average molecular weight is 182 g/mol. The Bertz CT molecular complexity index is 245. The second-order valence-electron chi connectivity index (χ2n) is 3.38. The zero-order valence-electron chi connectivity index (χ0n) is 8.33. The van der Waals surface area contributed by atoms with E-state index in [0.29, 0.717) is 6.54 Å². The summed E-state index contributed by atoms with van der Waals surface area (Å²) < 4.78 is 2.02. The third-order valence-electron chi connectivity index (χ3n) is 2.07. The Hall–Kier alpha value is -0.800. The highest BCUT2D eigenvalue weighted by Crippen LogP contribution is 1.98. The molecule has 1 heterocycles. The highest BCUT2D eigenvalue weighted by Gasteiger charge is 1.99. The lowest BCUT2D eigenvalue weighted by Gasteiger charge is -2.07. The van der Waals surface area contributed by atoms with Crippen LogP contribution in [0.15, 0.2) is 18.5 Å². The third-order valence-corrected chi connectivity index (χ3v) is 2.07. The van der Waals surface area contributed by atoms with Crippen molar-refractivity contribution in [1.29, 1.82) is 0 Å². The minimum absolute atomic E-state index is 0.219. The normalized spacial score (nSPS) is 13.2. The second-order valence-corrected chi connectivity index (χ2v) is 3.38. The molecule has 0 saturated carbocycles. The van der Waals surface area contributed by atoms with Crippen LogP contribution < -0.4 is 5.32 Å². The first-order valence-corrected chi connectivity index (χ1v) is 4.72. The van der Waals surface area contributed by atoms with E-state index in [-0.39, 0.29) is 6.10 Å². The first-order valence-electron chi connectivity index (χ1n) is 4.72. The van der Waals surface area contributed by atoms with Gasteiger partial charge in [-0.25, -0.2) is 0 Å². The van der Waals surface area contributed by atoms with E-state index in [9.17, 15) is 5.11 Å². The topological polar surface area (TPSA) is 37.2 Å². The van der Waals surface area contributed by atoms with Gasteiger partial charge in [-0.15, -0.1) is 0 Å². The summed E-state index contributed by atoms with van der Waals surface area (Å²) in [6.45, 7) is 3.48. The molecule has 0 saturated heterocycles. The molecule has 1 aromatic heterocycles. The molecule has 74 valence electrons. The van der Waals surface area contributed by atoms with Gasteiger partial charge in [0, 0.05) is 32.5 Å². The lowest BCUT2D eigenvalue weighted by molar-refractivity contribution is 0.167. The molecule has 0 radical (unpaired) electrons. The molecule has 0 aliphatic heterocycles. The molecule has 1 atom stereocenters. The number of hydrogen-bond donors (Lipinski definition) is 2. The zero-order valence-corrected chi connectivity index (χ0v) is 8.33. The summed E-state index contributed by atoms with van der Waals surface area (Å²) in [5.74, 6) is 0. The molecule has 1 aromatic rings. The van der Waals surface area contributed by atoms with E-state index >= 15 is 0 Å².